The Bertz CT molecular complexity index is 331. The molecule has 3 atom stereocenters. The van der Waals surface area contributed by atoms with E-state index in [2.05, 4.69) is 43.0 Å². The van der Waals surface area contributed by atoms with Crippen molar-refractivity contribution in [2.45, 2.75) is 45.8 Å². The summed E-state index contributed by atoms with van der Waals surface area (Å²) in [7, 11) is 3.95. The molecule has 1 aliphatic heterocycles. The van der Waals surface area contributed by atoms with Gasteiger partial charge in [-0.3, -0.25) is 4.99 Å². The molecule has 2 aliphatic rings. The Hall–Kier alpha value is -0.0400. The van der Waals surface area contributed by atoms with E-state index in [0.717, 1.165) is 31.9 Å². The van der Waals surface area contributed by atoms with Crippen LogP contribution in [0.4, 0.5) is 0 Å². The largest absolute Gasteiger partial charge is 0.380 e. The van der Waals surface area contributed by atoms with E-state index < -0.39 is 0 Å². The van der Waals surface area contributed by atoms with Gasteiger partial charge in [0.05, 0.1) is 12.6 Å². The fourth-order valence-electron chi connectivity index (χ4n) is 3.92. The Morgan fingerprint density at radius 3 is 2.47 bits per heavy atom. The van der Waals surface area contributed by atoms with Gasteiger partial charge in [-0.25, -0.2) is 0 Å². The van der Waals surface area contributed by atoms with E-state index in [0.29, 0.717) is 18.1 Å². The summed E-state index contributed by atoms with van der Waals surface area (Å²) < 4.78 is 5.72. The smallest absolute Gasteiger partial charge is 0.194 e. The van der Waals surface area contributed by atoms with E-state index >= 15 is 0 Å². The Morgan fingerprint density at radius 1 is 1.42 bits per heavy atom. The van der Waals surface area contributed by atoms with Crippen LogP contribution in [-0.4, -0.2) is 50.3 Å². The molecule has 4 nitrogen and oxygen atoms in total. The summed E-state index contributed by atoms with van der Waals surface area (Å²) in [6.07, 6.45) is 2.68. The average Bonchev–Trinajstić information content (AvgIpc) is 2.78. The maximum Gasteiger partial charge on any atom is 0.194 e. The second kappa shape index (κ2) is 6.61. The molecule has 112 valence electrons. The number of hydrogen-bond acceptors (Lipinski definition) is 4. The van der Waals surface area contributed by atoms with E-state index in [9.17, 15) is 0 Å². The lowest BCUT2D eigenvalue weighted by Crippen LogP contribution is -2.70. The predicted molar refractivity (Wildman–Crippen MR) is 90.2 cm³/mol. The van der Waals surface area contributed by atoms with Crippen molar-refractivity contribution in [1.29, 1.82) is 0 Å². The molecule has 0 saturated heterocycles. The van der Waals surface area contributed by atoms with Crippen LogP contribution in [0.1, 0.15) is 33.6 Å². The molecule has 0 aromatic heterocycles. The monoisotopic (exact) mass is 381 g/mol. The van der Waals surface area contributed by atoms with Gasteiger partial charge >= 0.3 is 0 Å². The minimum Gasteiger partial charge on any atom is -0.380 e. The predicted octanol–water partition coefficient (Wildman–Crippen LogP) is 2.34. The highest BCUT2D eigenvalue weighted by Crippen LogP contribution is 2.52. The van der Waals surface area contributed by atoms with Crippen LogP contribution in [-0.2, 0) is 4.74 Å². The number of halogens is 1. The highest BCUT2D eigenvalue weighted by Gasteiger charge is 2.58. The first-order chi connectivity index (χ1) is 8.60. The van der Waals surface area contributed by atoms with Crippen molar-refractivity contribution in [3.8, 4) is 0 Å². The first kappa shape index (κ1) is 17.0. The van der Waals surface area contributed by atoms with Gasteiger partial charge < -0.3 is 15.0 Å². The number of methoxy groups -OCH3 is 1. The third kappa shape index (κ3) is 2.60. The summed E-state index contributed by atoms with van der Waals surface area (Å²) in [6.45, 7) is 8.78. The lowest BCUT2D eigenvalue weighted by atomic mass is 9.53. The molecule has 0 amide bonds. The quantitative estimate of drug-likeness (QED) is 0.760. The molecular weight excluding hydrogens is 353 g/mol. The number of likely N-dealkylation sites (N-methyl/N-ethyl adjacent to an activating group) is 1. The van der Waals surface area contributed by atoms with Crippen LogP contribution in [0, 0.1) is 11.3 Å². The molecule has 1 aliphatic carbocycles. The number of ether oxygens (including phenoxy) is 1. The Balaban J connectivity index is 0.00000180. The van der Waals surface area contributed by atoms with Crippen molar-refractivity contribution in [2.24, 2.45) is 16.3 Å². The molecule has 0 aromatic rings. The van der Waals surface area contributed by atoms with Crippen LogP contribution in [0.25, 0.3) is 0 Å². The summed E-state index contributed by atoms with van der Waals surface area (Å²) in [6, 6.07) is 0.483. The van der Waals surface area contributed by atoms with Crippen molar-refractivity contribution >= 4 is 29.9 Å². The number of nitrogens with one attached hydrogen (secondary N) is 1. The number of rotatable bonds is 4. The van der Waals surface area contributed by atoms with Crippen molar-refractivity contribution < 1.29 is 4.74 Å². The molecule has 0 aromatic carbocycles. The van der Waals surface area contributed by atoms with Crippen molar-refractivity contribution in [3.05, 3.63) is 0 Å². The molecule has 0 radical (unpaired) electrons. The first-order valence-corrected chi connectivity index (χ1v) is 7.15. The van der Waals surface area contributed by atoms with Gasteiger partial charge in [-0.2, -0.15) is 0 Å². The Morgan fingerprint density at radius 2 is 2.05 bits per heavy atom. The molecule has 1 heterocycles. The van der Waals surface area contributed by atoms with Crippen LogP contribution in [0.5, 0.6) is 0 Å². The van der Waals surface area contributed by atoms with Crippen LogP contribution < -0.4 is 5.32 Å². The number of hydrogen-bond donors (Lipinski definition) is 1. The van der Waals surface area contributed by atoms with Gasteiger partial charge in [0.15, 0.2) is 5.96 Å². The third-order valence-electron chi connectivity index (χ3n) is 5.10. The highest BCUT2D eigenvalue weighted by molar-refractivity contribution is 14.0. The normalized spacial score (nSPS) is 32.4. The zero-order valence-corrected chi connectivity index (χ0v) is 15.1. The molecule has 1 saturated carbocycles. The van der Waals surface area contributed by atoms with Gasteiger partial charge in [-0.15, -0.1) is 24.0 Å². The van der Waals surface area contributed by atoms with Crippen LogP contribution in [0.2, 0.25) is 0 Å². The van der Waals surface area contributed by atoms with E-state index in [-0.39, 0.29) is 29.4 Å². The van der Waals surface area contributed by atoms with Gasteiger partial charge in [0, 0.05) is 38.1 Å². The van der Waals surface area contributed by atoms with E-state index in [1.54, 1.807) is 0 Å². The molecule has 3 unspecified atom stereocenters. The number of nitrogens with zero attached hydrogens (tertiary/aromatic N) is 2. The first-order valence-electron chi connectivity index (χ1n) is 7.15. The topological polar surface area (TPSA) is 36.9 Å². The lowest BCUT2D eigenvalue weighted by Gasteiger charge is -2.60. The second-order valence-electron chi connectivity index (χ2n) is 5.70. The fraction of sp³-hybridized carbons (Fsp3) is 0.929. The molecule has 1 N–H and O–H groups in total. The van der Waals surface area contributed by atoms with Crippen LogP contribution in [0.15, 0.2) is 4.99 Å². The fourth-order valence-corrected chi connectivity index (χ4v) is 3.92. The summed E-state index contributed by atoms with van der Waals surface area (Å²) in [5.74, 6) is 1.61. The van der Waals surface area contributed by atoms with Gasteiger partial charge in [0.2, 0.25) is 0 Å². The lowest BCUT2D eigenvalue weighted by molar-refractivity contribution is -0.163. The van der Waals surface area contributed by atoms with Gasteiger partial charge in [0.1, 0.15) is 0 Å². The zero-order valence-electron chi connectivity index (χ0n) is 12.8. The molecule has 0 spiro atoms. The van der Waals surface area contributed by atoms with Crippen molar-refractivity contribution in [1.82, 2.24) is 10.2 Å². The molecule has 2 rings (SSSR count). The maximum atomic E-state index is 5.72. The molecule has 5 heteroatoms. The van der Waals surface area contributed by atoms with Crippen molar-refractivity contribution in [2.75, 3.05) is 27.2 Å². The number of aliphatic imine (C=N–C) groups is 1. The summed E-state index contributed by atoms with van der Waals surface area (Å²) >= 11 is 0. The average molecular weight is 381 g/mol. The van der Waals surface area contributed by atoms with Crippen LogP contribution >= 0.6 is 24.0 Å². The summed E-state index contributed by atoms with van der Waals surface area (Å²) in [4.78, 5) is 6.76. The standard InChI is InChI=1S/C14H27N3O.HI/c1-6-14(7-2)11(10(3)12(14)18-5)16-13-15-8-9-17(13)4;/h10-12H,6-9H2,1-5H3,(H,15,16);1H. The van der Waals surface area contributed by atoms with Gasteiger partial charge in [0.25, 0.3) is 0 Å². The van der Waals surface area contributed by atoms with E-state index in [1.165, 1.54) is 0 Å². The van der Waals surface area contributed by atoms with E-state index in [1.807, 2.05) is 7.11 Å². The molecular formula is C14H28IN3O. The van der Waals surface area contributed by atoms with Gasteiger partial charge in [-0.05, 0) is 12.8 Å². The van der Waals surface area contributed by atoms with E-state index in [4.69, 9.17) is 4.74 Å². The maximum absolute atomic E-state index is 5.72. The Kier molecular flexibility index (Phi) is 5.92. The minimum absolute atomic E-state index is 0. The summed E-state index contributed by atoms with van der Waals surface area (Å²) in [5.41, 5.74) is 0.264. The second-order valence-corrected chi connectivity index (χ2v) is 5.70. The van der Waals surface area contributed by atoms with Crippen LogP contribution in [0.3, 0.4) is 0 Å². The number of guanidine groups is 1. The van der Waals surface area contributed by atoms with Gasteiger partial charge in [-0.1, -0.05) is 20.8 Å². The highest BCUT2D eigenvalue weighted by atomic mass is 127. The SMILES string of the molecule is CCC1(CC)C(NC2=NCCN2C)C(C)C1OC.I. The van der Waals surface area contributed by atoms with Crippen molar-refractivity contribution in [3.63, 3.8) is 0 Å². The Labute approximate surface area is 134 Å². The molecule has 0 bridgehead atoms. The minimum atomic E-state index is 0. The third-order valence-corrected chi connectivity index (χ3v) is 5.10. The zero-order chi connectivity index (χ0) is 13.3. The molecule has 1 fully saturated rings. The molecule has 19 heavy (non-hydrogen) atoms. The summed E-state index contributed by atoms with van der Waals surface area (Å²) in [5, 5.41) is 3.67.